The molecule has 2 aromatic carbocycles. The van der Waals surface area contributed by atoms with Gasteiger partial charge in [-0.05, 0) is 11.6 Å². The van der Waals surface area contributed by atoms with Crippen molar-refractivity contribution in [2.75, 3.05) is 59.0 Å². The van der Waals surface area contributed by atoms with E-state index in [1.165, 1.54) is 0 Å². The number of para-hydroxylation sites is 1. The summed E-state index contributed by atoms with van der Waals surface area (Å²) in [5.74, 6) is -0.741. The van der Waals surface area contributed by atoms with Gasteiger partial charge in [0, 0.05) is 55.7 Å². The van der Waals surface area contributed by atoms with Gasteiger partial charge in [0.1, 0.15) is 6.04 Å². The molecule has 0 radical (unpaired) electrons. The van der Waals surface area contributed by atoms with Crippen molar-refractivity contribution in [2.45, 2.75) is 6.04 Å². The van der Waals surface area contributed by atoms with Crippen molar-refractivity contribution in [2.24, 2.45) is 0 Å². The molecule has 2 fully saturated rings. The van der Waals surface area contributed by atoms with Gasteiger partial charge >= 0.3 is 5.97 Å². The number of carboxylic acid groups (broad SMARTS) is 1. The van der Waals surface area contributed by atoms with Crippen LogP contribution in [0.1, 0.15) is 11.6 Å². The number of aromatic amines is 1. The maximum absolute atomic E-state index is 12.6. The smallest absolute Gasteiger partial charge is 0.325 e. The first-order valence-electron chi connectivity index (χ1n) is 11.8. The predicted molar refractivity (Wildman–Crippen MR) is 130 cm³/mol. The normalized spacial score (nSPS) is 18.8. The van der Waals surface area contributed by atoms with Crippen LogP contribution in [0.5, 0.6) is 0 Å². The average molecular weight is 463 g/mol. The Bertz CT molecular complexity index is 1150. The standard InChI is InChI=1S/C26H30N4O4/c31-22(29-14-16-34-17-15-29)18-28-10-12-30(13-11-28)25(26(32)33)23-20-8-4-5-9-21(20)27-24(23)19-6-2-1-3-7-19/h1-9,25,27H,10-18H2,(H,32,33)/t25-/m0/s1. The number of carbonyl (C=O) groups is 2. The Balaban J connectivity index is 1.37. The number of fused-ring (bicyclic) bond motifs is 1. The topological polar surface area (TPSA) is 89.1 Å². The molecule has 0 bridgehead atoms. The summed E-state index contributed by atoms with van der Waals surface area (Å²) in [6.07, 6.45) is 0. The molecule has 2 aliphatic heterocycles. The number of amides is 1. The number of benzene rings is 2. The minimum atomic E-state index is -0.861. The van der Waals surface area contributed by atoms with Crippen LogP contribution in [-0.2, 0) is 14.3 Å². The van der Waals surface area contributed by atoms with Crippen LogP contribution in [0, 0.1) is 0 Å². The van der Waals surface area contributed by atoms with Gasteiger partial charge in [-0.15, -0.1) is 0 Å². The monoisotopic (exact) mass is 462 g/mol. The molecular weight excluding hydrogens is 432 g/mol. The first-order valence-corrected chi connectivity index (χ1v) is 11.8. The molecule has 5 rings (SSSR count). The lowest BCUT2D eigenvalue weighted by molar-refractivity contribution is -0.145. The molecule has 1 atom stereocenters. The zero-order valence-electron chi connectivity index (χ0n) is 19.2. The summed E-state index contributed by atoms with van der Waals surface area (Å²) in [5, 5.41) is 11.3. The summed E-state index contributed by atoms with van der Waals surface area (Å²) >= 11 is 0. The van der Waals surface area contributed by atoms with Crippen LogP contribution < -0.4 is 0 Å². The number of carbonyl (C=O) groups excluding carboxylic acids is 1. The van der Waals surface area contributed by atoms with Gasteiger partial charge in [0.2, 0.25) is 5.91 Å². The van der Waals surface area contributed by atoms with Crippen LogP contribution in [-0.4, -0.2) is 95.7 Å². The van der Waals surface area contributed by atoms with Crippen molar-refractivity contribution in [1.29, 1.82) is 0 Å². The maximum Gasteiger partial charge on any atom is 0.325 e. The third-order valence-electron chi connectivity index (χ3n) is 6.81. The van der Waals surface area contributed by atoms with E-state index in [1.807, 2.05) is 64.4 Å². The number of piperazine rings is 1. The lowest BCUT2D eigenvalue weighted by Gasteiger charge is -2.38. The van der Waals surface area contributed by atoms with E-state index in [-0.39, 0.29) is 5.91 Å². The number of nitrogens with zero attached hydrogens (tertiary/aromatic N) is 3. The highest BCUT2D eigenvalue weighted by molar-refractivity contribution is 5.95. The highest BCUT2D eigenvalue weighted by atomic mass is 16.5. The van der Waals surface area contributed by atoms with Gasteiger partial charge in [-0.1, -0.05) is 48.5 Å². The van der Waals surface area contributed by atoms with Crippen LogP contribution in [0.2, 0.25) is 0 Å². The largest absolute Gasteiger partial charge is 0.480 e. The SMILES string of the molecule is O=C(O)[C@H](c1c(-c2ccccc2)[nH]c2ccccc12)N1CCN(CC(=O)N2CCOCC2)CC1. The maximum atomic E-state index is 12.6. The highest BCUT2D eigenvalue weighted by Gasteiger charge is 2.35. The first kappa shape index (κ1) is 22.6. The minimum absolute atomic E-state index is 0.120. The van der Waals surface area contributed by atoms with E-state index in [9.17, 15) is 14.7 Å². The zero-order chi connectivity index (χ0) is 23.5. The molecule has 2 saturated heterocycles. The number of carboxylic acids is 1. The predicted octanol–water partition coefficient (Wildman–Crippen LogP) is 2.44. The first-order chi connectivity index (χ1) is 16.6. The van der Waals surface area contributed by atoms with Crippen molar-refractivity contribution in [3.05, 3.63) is 60.2 Å². The van der Waals surface area contributed by atoms with E-state index in [0.29, 0.717) is 59.0 Å². The Morgan fingerprint density at radius 3 is 2.29 bits per heavy atom. The van der Waals surface area contributed by atoms with Crippen molar-refractivity contribution in [1.82, 2.24) is 19.7 Å². The molecule has 178 valence electrons. The minimum Gasteiger partial charge on any atom is -0.480 e. The summed E-state index contributed by atoms with van der Waals surface area (Å²) in [7, 11) is 0. The Labute approximate surface area is 198 Å². The molecule has 3 aromatic rings. The summed E-state index contributed by atoms with van der Waals surface area (Å²) in [6.45, 7) is 5.32. The summed E-state index contributed by atoms with van der Waals surface area (Å²) in [4.78, 5) is 34.8. The molecular formula is C26H30N4O4. The molecule has 1 aromatic heterocycles. The van der Waals surface area contributed by atoms with Crippen LogP contribution in [0.4, 0.5) is 0 Å². The lowest BCUT2D eigenvalue weighted by atomic mass is 9.97. The van der Waals surface area contributed by atoms with E-state index in [2.05, 4.69) is 9.88 Å². The molecule has 2 aliphatic rings. The summed E-state index contributed by atoms with van der Waals surface area (Å²) in [5.41, 5.74) is 3.54. The Morgan fingerprint density at radius 2 is 1.59 bits per heavy atom. The van der Waals surface area contributed by atoms with E-state index in [1.54, 1.807) is 0 Å². The van der Waals surface area contributed by atoms with Crippen LogP contribution in [0.15, 0.2) is 54.6 Å². The third kappa shape index (κ3) is 4.57. The van der Waals surface area contributed by atoms with E-state index >= 15 is 0 Å². The fraction of sp³-hybridized carbons (Fsp3) is 0.385. The second-order valence-corrected chi connectivity index (χ2v) is 8.87. The van der Waals surface area contributed by atoms with Gasteiger partial charge < -0.3 is 19.7 Å². The second-order valence-electron chi connectivity index (χ2n) is 8.87. The second kappa shape index (κ2) is 9.97. The van der Waals surface area contributed by atoms with Gasteiger partial charge in [-0.3, -0.25) is 19.4 Å². The number of ether oxygens (including phenoxy) is 1. The quantitative estimate of drug-likeness (QED) is 0.585. The molecule has 1 amide bonds. The number of hydrogen-bond donors (Lipinski definition) is 2. The van der Waals surface area contributed by atoms with Gasteiger partial charge in [0.15, 0.2) is 0 Å². The van der Waals surface area contributed by atoms with Gasteiger partial charge in [-0.25, -0.2) is 0 Å². The number of morpholine rings is 1. The number of aromatic nitrogens is 1. The van der Waals surface area contributed by atoms with Crippen molar-refractivity contribution >= 4 is 22.8 Å². The average Bonchev–Trinajstić information content (AvgIpc) is 3.25. The fourth-order valence-corrected chi connectivity index (χ4v) is 5.03. The molecule has 0 spiro atoms. The molecule has 34 heavy (non-hydrogen) atoms. The number of nitrogens with one attached hydrogen (secondary N) is 1. The summed E-state index contributed by atoms with van der Waals surface area (Å²) < 4.78 is 5.34. The van der Waals surface area contributed by atoms with Crippen LogP contribution in [0.3, 0.4) is 0 Å². The van der Waals surface area contributed by atoms with Crippen molar-refractivity contribution < 1.29 is 19.4 Å². The number of H-pyrrole nitrogens is 1. The Kier molecular flexibility index (Phi) is 6.62. The lowest BCUT2D eigenvalue weighted by Crippen LogP contribution is -2.52. The molecule has 0 unspecified atom stereocenters. The zero-order valence-corrected chi connectivity index (χ0v) is 19.2. The number of rotatable bonds is 6. The number of hydrogen-bond acceptors (Lipinski definition) is 5. The van der Waals surface area contributed by atoms with Crippen molar-refractivity contribution in [3.8, 4) is 11.3 Å². The third-order valence-corrected chi connectivity index (χ3v) is 6.81. The van der Waals surface area contributed by atoms with E-state index in [4.69, 9.17) is 4.74 Å². The molecule has 3 heterocycles. The molecule has 2 N–H and O–H groups in total. The Hall–Kier alpha value is -3.20. The molecule has 8 heteroatoms. The molecule has 0 saturated carbocycles. The van der Waals surface area contributed by atoms with Crippen LogP contribution >= 0.6 is 0 Å². The highest BCUT2D eigenvalue weighted by Crippen LogP contribution is 2.37. The van der Waals surface area contributed by atoms with Crippen molar-refractivity contribution in [3.63, 3.8) is 0 Å². The molecule has 0 aliphatic carbocycles. The van der Waals surface area contributed by atoms with Gasteiger partial charge in [-0.2, -0.15) is 0 Å². The Morgan fingerprint density at radius 1 is 0.912 bits per heavy atom. The van der Waals surface area contributed by atoms with E-state index in [0.717, 1.165) is 27.7 Å². The molecule has 8 nitrogen and oxygen atoms in total. The fourth-order valence-electron chi connectivity index (χ4n) is 5.03. The van der Waals surface area contributed by atoms with Gasteiger partial charge in [0.05, 0.1) is 25.5 Å². The van der Waals surface area contributed by atoms with Crippen LogP contribution in [0.25, 0.3) is 22.2 Å². The number of aliphatic carboxylic acids is 1. The summed E-state index contributed by atoms with van der Waals surface area (Å²) in [6, 6.07) is 17.0. The van der Waals surface area contributed by atoms with E-state index < -0.39 is 12.0 Å². The van der Waals surface area contributed by atoms with Gasteiger partial charge in [0.25, 0.3) is 0 Å².